The van der Waals surface area contributed by atoms with E-state index < -0.39 is 10.0 Å². The first-order valence-corrected chi connectivity index (χ1v) is 9.69. The summed E-state index contributed by atoms with van der Waals surface area (Å²) in [6.45, 7) is 6.37. The Morgan fingerprint density at radius 3 is 2.12 bits per heavy atom. The van der Waals surface area contributed by atoms with Crippen molar-refractivity contribution in [3.63, 3.8) is 0 Å². The molecule has 0 fully saturated rings. The predicted molar refractivity (Wildman–Crippen MR) is 101 cm³/mol. The van der Waals surface area contributed by atoms with Gasteiger partial charge in [-0.1, -0.05) is 17.7 Å². The van der Waals surface area contributed by atoms with Crippen LogP contribution in [0.1, 0.15) is 16.7 Å². The second-order valence-electron chi connectivity index (χ2n) is 5.99. The first-order valence-electron chi connectivity index (χ1n) is 8.21. The quantitative estimate of drug-likeness (QED) is 0.714. The average molecular weight is 379 g/mol. The molecular weight excluding hydrogens is 354 g/mol. The summed E-state index contributed by atoms with van der Waals surface area (Å²) in [4.78, 5) is 0.109. The van der Waals surface area contributed by atoms with Crippen molar-refractivity contribution in [3.05, 3.63) is 47.0 Å². The fourth-order valence-electron chi connectivity index (χ4n) is 2.79. The van der Waals surface area contributed by atoms with E-state index in [-0.39, 0.29) is 18.0 Å². The number of methoxy groups -OCH3 is 2. The fraction of sp³-hybridized carbons (Fsp3) is 0.368. The van der Waals surface area contributed by atoms with Gasteiger partial charge in [-0.15, -0.1) is 0 Å². The molecule has 0 aliphatic carbocycles. The highest BCUT2D eigenvalue weighted by molar-refractivity contribution is 7.89. The molecule has 6 nitrogen and oxygen atoms in total. The predicted octanol–water partition coefficient (Wildman–Crippen LogP) is 2.99. The van der Waals surface area contributed by atoms with E-state index in [1.165, 1.54) is 31.9 Å². The highest BCUT2D eigenvalue weighted by Crippen LogP contribution is 2.29. The number of ether oxygens (including phenoxy) is 3. The maximum atomic E-state index is 12.4. The number of sulfonamides is 1. The second kappa shape index (κ2) is 8.42. The molecule has 7 heteroatoms. The van der Waals surface area contributed by atoms with E-state index in [1.54, 1.807) is 6.07 Å². The van der Waals surface area contributed by atoms with Crippen LogP contribution in [-0.4, -0.2) is 35.8 Å². The Kier molecular flexibility index (Phi) is 6.50. The molecule has 0 saturated carbocycles. The number of hydrogen-bond donors (Lipinski definition) is 1. The van der Waals surface area contributed by atoms with Crippen molar-refractivity contribution in [1.29, 1.82) is 0 Å². The van der Waals surface area contributed by atoms with Gasteiger partial charge in [-0.05, 0) is 44.0 Å². The van der Waals surface area contributed by atoms with Gasteiger partial charge in [0, 0.05) is 12.6 Å². The molecule has 2 rings (SSSR count). The molecule has 0 saturated heterocycles. The van der Waals surface area contributed by atoms with Crippen molar-refractivity contribution in [1.82, 2.24) is 4.72 Å². The summed E-state index contributed by atoms with van der Waals surface area (Å²) >= 11 is 0. The van der Waals surface area contributed by atoms with Gasteiger partial charge >= 0.3 is 0 Å². The molecule has 0 aliphatic heterocycles. The summed E-state index contributed by atoms with van der Waals surface area (Å²) < 4.78 is 43.4. The van der Waals surface area contributed by atoms with E-state index in [4.69, 9.17) is 14.2 Å². The Labute approximate surface area is 155 Å². The van der Waals surface area contributed by atoms with Crippen LogP contribution in [0.4, 0.5) is 0 Å². The Balaban J connectivity index is 2.01. The van der Waals surface area contributed by atoms with Crippen LogP contribution in [0.2, 0.25) is 0 Å². The van der Waals surface area contributed by atoms with E-state index in [1.807, 2.05) is 32.9 Å². The molecule has 0 amide bonds. The van der Waals surface area contributed by atoms with Crippen molar-refractivity contribution >= 4 is 10.0 Å². The zero-order chi connectivity index (χ0) is 19.3. The molecule has 0 bridgehead atoms. The van der Waals surface area contributed by atoms with Crippen LogP contribution in [0.5, 0.6) is 17.2 Å². The monoisotopic (exact) mass is 379 g/mol. The Morgan fingerprint density at radius 2 is 1.54 bits per heavy atom. The number of rotatable bonds is 8. The fourth-order valence-corrected chi connectivity index (χ4v) is 3.82. The van der Waals surface area contributed by atoms with Gasteiger partial charge < -0.3 is 14.2 Å². The molecule has 142 valence electrons. The topological polar surface area (TPSA) is 73.9 Å². The molecule has 2 aromatic carbocycles. The van der Waals surface area contributed by atoms with E-state index in [2.05, 4.69) is 4.72 Å². The molecule has 2 aromatic rings. The van der Waals surface area contributed by atoms with Crippen molar-refractivity contribution in [2.45, 2.75) is 25.7 Å². The number of benzene rings is 2. The lowest BCUT2D eigenvalue weighted by Crippen LogP contribution is -2.28. The Bertz CT molecular complexity index is 854. The molecule has 0 heterocycles. The van der Waals surface area contributed by atoms with E-state index >= 15 is 0 Å². The average Bonchev–Trinajstić information content (AvgIpc) is 2.59. The van der Waals surface area contributed by atoms with Crippen LogP contribution < -0.4 is 18.9 Å². The normalized spacial score (nSPS) is 11.3. The van der Waals surface area contributed by atoms with Gasteiger partial charge in [0.25, 0.3) is 0 Å². The van der Waals surface area contributed by atoms with Gasteiger partial charge in [0.15, 0.2) is 11.5 Å². The van der Waals surface area contributed by atoms with E-state index in [0.29, 0.717) is 11.5 Å². The van der Waals surface area contributed by atoms with Crippen molar-refractivity contribution in [2.75, 3.05) is 27.4 Å². The van der Waals surface area contributed by atoms with Gasteiger partial charge in [-0.2, -0.15) is 0 Å². The Morgan fingerprint density at radius 1 is 0.923 bits per heavy atom. The molecule has 0 unspecified atom stereocenters. The third kappa shape index (κ3) is 4.68. The summed E-state index contributed by atoms with van der Waals surface area (Å²) in [6, 6.07) is 8.53. The first kappa shape index (κ1) is 20.1. The third-order valence-electron chi connectivity index (χ3n) is 3.91. The summed E-state index contributed by atoms with van der Waals surface area (Å²) in [6.07, 6.45) is 0. The molecule has 0 aliphatic rings. The summed E-state index contributed by atoms with van der Waals surface area (Å²) in [7, 11) is -0.708. The molecular formula is C19H25NO5S. The molecule has 0 atom stereocenters. The first-order chi connectivity index (χ1) is 12.3. The van der Waals surface area contributed by atoms with E-state index in [9.17, 15) is 8.42 Å². The summed E-state index contributed by atoms with van der Waals surface area (Å²) in [5, 5.41) is 0. The van der Waals surface area contributed by atoms with Crippen LogP contribution >= 0.6 is 0 Å². The van der Waals surface area contributed by atoms with Crippen LogP contribution in [0.3, 0.4) is 0 Å². The summed E-state index contributed by atoms with van der Waals surface area (Å²) in [5.41, 5.74) is 3.23. The van der Waals surface area contributed by atoms with Crippen molar-refractivity contribution in [2.24, 2.45) is 0 Å². The Hall–Kier alpha value is -2.25. The highest BCUT2D eigenvalue weighted by Gasteiger charge is 2.16. The highest BCUT2D eigenvalue weighted by atomic mass is 32.2. The van der Waals surface area contributed by atoms with Crippen LogP contribution in [0.25, 0.3) is 0 Å². The SMILES string of the molecule is COc1ccc(S(=O)(=O)NCCOc2c(C)cc(C)cc2C)cc1OC. The van der Waals surface area contributed by atoms with Crippen molar-refractivity contribution < 1.29 is 22.6 Å². The second-order valence-corrected chi connectivity index (χ2v) is 7.76. The lowest BCUT2D eigenvalue weighted by atomic mass is 10.1. The molecule has 26 heavy (non-hydrogen) atoms. The number of aryl methyl sites for hydroxylation is 3. The molecule has 0 spiro atoms. The van der Waals surface area contributed by atoms with Crippen LogP contribution in [0.15, 0.2) is 35.2 Å². The largest absolute Gasteiger partial charge is 0.493 e. The number of hydrogen-bond acceptors (Lipinski definition) is 5. The minimum absolute atomic E-state index is 0.109. The smallest absolute Gasteiger partial charge is 0.240 e. The maximum absolute atomic E-state index is 12.4. The van der Waals surface area contributed by atoms with E-state index in [0.717, 1.165) is 16.9 Å². The minimum Gasteiger partial charge on any atom is -0.493 e. The van der Waals surface area contributed by atoms with Crippen LogP contribution in [-0.2, 0) is 10.0 Å². The van der Waals surface area contributed by atoms with Gasteiger partial charge in [0.05, 0.1) is 19.1 Å². The van der Waals surface area contributed by atoms with Gasteiger partial charge in [-0.25, -0.2) is 13.1 Å². The molecule has 1 N–H and O–H groups in total. The van der Waals surface area contributed by atoms with Gasteiger partial charge in [0.2, 0.25) is 10.0 Å². The molecule has 0 aromatic heterocycles. The van der Waals surface area contributed by atoms with Crippen molar-refractivity contribution in [3.8, 4) is 17.2 Å². The number of nitrogens with one attached hydrogen (secondary N) is 1. The third-order valence-corrected chi connectivity index (χ3v) is 5.37. The zero-order valence-corrected chi connectivity index (χ0v) is 16.6. The molecule has 0 radical (unpaired) electrons. The standard InChI is InChI=1S/C19H25NO5S/c1-13-10-14(2)19(15(3)11-13)25-9-8-20-26(21,22)16-6-7-17(23-4)18(12-16)24-5/h6-7,10-12,20H,8-9H2,1-5H3. The van der Waals surface area contributed by atoms with Gasteiger partial charge in [-0.3, -0.25) is 0 Å². The van der Waals surface area contributed by atoms with Crippen LogP contribution in [0, 0.1) is 20.8 Å². The maximum Gasteiger partial charge on any atom is 0.240 e. The van der Waals surface area contributed by atoms with Gasteiger partial charge in [0.1, 0.15) is 12.4 Å². The summed E-state index contributed by atoms with van der Waals surface area (Å²) in [5.74, 6) is 1.62. The lowest BCUT2D eigenvalue weighted by molar-refractivity contribution is 0.318. The zero-order valence-electron chi connectivity index (χ0n) is 15.8. The lowest BCUT2D eigenvalue weighted by Gasteiger charge is -2.14. The minimum atomic E-state index is -3.66.